The van der Waals surface area contributed by atoms with Gasteiger partial charge in [0.2, 0.25) is 0 Å². The van der Waals surface area contributed by atoms with Gasteiger partial charge in [-0.25, -0.2) is 8.42 Å². The molecule has 0 aliphatic carbocycles. The maximum Gasteiger partial charge on any atom is 0.252 e. The Morgan fingerprint density at radius 3 is 2.50 bits per heavy atom. The number of rotatable bonds is 4. The highest BCUT2D eigenvalue weighted by Crippen LogP contribution is 2.25. The summed E-state index contributed by atoms with van der Waals surface area (Å²) in [7, 11) is -1.69. The fraction of sp³-hybridized carbons (Fsp3) is 0.333. The largest absolute Gasteiger partial charge is 0.497 e. The molecular formula is C15H18N2O3S2. The molecule has 118 valence electrons. The summed E-state index contributed by atoms with van der Waals surface area (Å²) in [6, 6.07) is 11.3. The molecule has 1 aliphatic heterocycles. The molecule has 0 atom stereocenters. The molecule has 5 nitrogen and oxygen atoms in total. The minimum absolute atomic E-state index is 0.419. The number of methoxy groups -OCH3 is 1. The number of sulfonamides is 1. The fourth-order valence-electron chi connectivity index (χ4n) is 2.53. The van der Waals surface area contributed by atoms with Crippen molar-refractivity contribution >= 4 is 27.0 Å². The van der Waals surface area contributed by atoms with Gasteiger partial charge in [0.1, 0.15) is 9.96 Å². The molecule has 22 heavy (non-hydrogen) atoms. The zero-order valence-corrected chi connectivity index (χ0v) is 13.9. The maximum atomic E-state index is 12.5. The van der Waals surface area contributed by atoms with Gasteiger partial charge in [0, 0.05) is 37.9 Å². The van der Waals surface area contributed by atoms with Crippen LogP contribution in [0.15, 0.2) is 46.0 Å². The Bertz CT molecular complexity index is 721. The first-order valence-corrected chi connectivity index (χ1v) is 9.36. The van der Waals surface area contributed by atoms with Crippen LogP contribution in [0.4, 0.5) is 5.69 Å². The first-order valence-electron chi connectivity index (χ1n) is 7.04. The number of nitrogens with zero attached hydrogens (tertiary/aromatic N) is 2. The van der Waals surface area contributed by atoms with Crippen LogP contribution in [-0.2, 0) is 10.0 Å². The molecule has 0 bridgehead atoms. The van der Waals surface area contributed by atoms with Crippen molar-refractivity contribution in [2.45, 2.75) is 4.21 Å². The Hall–Kier alpha value is -1.57. The maximum absolute atomic E-state index is 12.5. The SMILES string of the molecule is COc1cccc(N2CCN(S(=O)(=O)c3cccs3)CC2)c1. The summed E-state index contributed by atoms with van der Waals surface area (Å²) in [6.45, 7) is 2.35. The third-order valence-electron chi connectivity index (χ3n) is 3.75. The first-order chi connectivity index (χ1) is 10.6. The lowest BCUT2D eigenvalue weighted by molar-refractivity contribution is 0.385. The Labute approximate surface area is 134 Å². The summed E-state index contributed by atoms with van der Waals surface area (Å²) in [5, 5.41) is 1.79. The predicted molar refractivity (Wildman–Crippen MR) is 88.3 cm³/mol. The number of hydrogen-bond acceptors (Lipinski definition) is 5. The highest BCUT2D eigenvalue weighted by Gasteiger charge is 2.29. The fourth-order valence-corrected chi connectivity index (χ4v) is 5.10. The Morgan fingerprint density at radius 2 is 1.86 bits per heavy atom. The molecule has 2 aromatic rings. The topological polar surface area (TPSA) is 49.9 Å². The van der Waals surface area contributed by atoms with E-state index in [1.165, 1.54) is 11.3 Å². The number of benzene rings is 1. The number of piperazine rings is 1. The molecule has 1 fully saturated rings. The molecule has 1 aliphatic rings. The van der Waals surface area contributed by atoms with Crippen molar-refractivity contribution in [3.63, 3.8) is 0 Å². The van der Waals surface area contributed by atoms with Crippen molar-refractivity contribution in [2.75, 3.05) is 38.2 Å². The standard InChI is InChI=1S/C15H18N2O3S2/c1-20-14-5-2-4-13(12-14)16-7-9-17(10-8-16)22(18,19)15-6-3-11-21-15/h2-6,11-12H,7-10H2,1H3. The summed E-state index contributed by atoms with van der Waals surface area (Å²) < 4.78 is 32.2. The van der Waals surface area contributed by atoms with Crippen LogP contribution in [0.1, 0.15) is 0 Å². The molecule has 0 spiro atoms. The molecule has 0 unspecified atom stereocenters. The highest BCUT2D eigenvalue weighted by atomic mass is 32.2. The molecule has 2 heterocycles. The van der Waals surface area contributed by atoms with Crippen molar-refractivity contribution in [1.29, 1.82) is 0 Å². The summed E-state index contributed by atoms with van der Waals surface area (Å²) in [5.74, 6) is 0.811. The van der Waals surface area contributed by atoms with Gasteiger partial charge in [0.15, 0.2) is 0 Å². The van der Waals surface area contributed by atoms with E-state index in [0.29, 0.717) is 30.4 Å². The van der Waals surface area contributed by atoms with E-state index in [-0.39, 0.29) is 0 Å². The first kappa shape index (κ1) is 15.3. The lowest BCUT2D eigenvalue weighted by atomic mass is 10.2. The molecule has 0 radical (unpaired) electrons. The van der Waals surface area contributed by atoms with Crippen LogP contribution in [0.3, 0.4) is 0 Å². The van der Waals surface area contributed by atoms with E-state index >= 15 is 0 Å². The summed E-state index contributed by atoms with van der Waals surface area (Å²) in [5.41, 5.74) is 1.06. The van der Waals surface area contributed by atoms with Crippen LogP contribution >= 0.6 is 11.3 Å². The predicted octanol–water partition coefficient (Wildman–Crippen LogP) is 2.27. The van der Waals surface area contributed by atoms with Crippen LogP contribution in [0, 0.1) is 0 Å². The van der Waals surface area contributed by atoms with Gasteiger partial charge in [-0.15, -0.1) is 11.3 Å². The number of ether oxygens (including phenoxy) is 1. The summed E-state index contributed by atoms with van der Waals surface area (Å²) in [4.78, 5) is 2.18. The normalized spacial score (nSPS) is 16.7. The second kappa shape index (κ2) is 6.28. The summed E-state index contributed by atoms with van der Waals surface area (Å²) >= 11 is 1.27. The molecule has 0 saturated carbocycles. The number of anilines is 1. The third kappa shape index (κ3) is 2.97. The molecule has 1 aromatic carbocycles. The van der Waals surface area contributed by atoms with Gasteiger partial charge in [-0.05, 0) is 23.6 Å². The van der Waals surface area contributed by atoms with Gasteiger partial charge in [-0.3, -0.25) is 0 Å². The van der Waals surface area contributed by atoms with E-state index in [1.807, 2.05) is 24.3 Å². The van der Waals surface area contributed by atoms with Gasteiger partial charge >= 0.3 is 0 Å². The molecule has 1 saturated heterocycles. The number of hydrogen-bond donors (Lipinski definition) is 0. The summed E-state index contributed by atoms with van der Waals surface area (Å²) in [6.07, 6.45) is 0. The van der Waals surface area contributed by atoms with E-state index in [0.717, 1.165) is 11.4 Å². The molecule has 7 heteroatoms. The third-order valence-corrected chi connectivity index (χ3v) is 7.02. The zero-order chi connectivity index (χ0) is 15.6. The molecule has 0 N–H and O–H groups in total. The smallest absolute Gasteiger partial charge is 0.252 e. The second-order valence-electron chi connectivity index (χ2n) is 5.02. The van der Waals surface area contributed by atoms with Crippen LogP contribution in [0.5, 0.6) is 5.75 Å². The van der Waals surface area contributed by atoms with E-state index in [4.69, 9.17) is 4.74 Å². The molecule has 3 rings (SSSR count). The average molecular weight is 338 g/mol. The quantitative estimate of drug-likeness (QED) is 0.858. The highest BCUT2D eigenvalue weighted by molar-refractivity contribution is 7.91. The van der Waals surface area contributed by atoms with Gasteiger partial charge in [-0.1, -0.05) is 12.1 Å². The van der Waals surface area contributed by atoms with Crippen LogP contribution in [0.2, 0.25) is 0 Å². The minimum Gasteiger partial charge on any atom is -0.497 e. The Balaban J connectivity index is 1.70. The van der Waals surface area contributed by atoms with Crippen molar-refractivity contribution in [1.82, 2.24) is 4.31 Å². The minimum atomic E-state index is -3.34. The lowest BCUT2D eigenvalue weighted by Crippen LogP contribution is -2.48. The van der Waals surface area contributed by atoms with Crippen LogP contribution in [-0.4, -0.2) is 46.0 Å². The van der Waals surface area contributed by atoms with Gasteiger partial charge in [0.25, 0.3) is 10.0 Å². The van der Waals surface area contributed by atoms with Crippen molar-refractivity contribution < 1.29 is 13.2 Å². The molecule has 0 amide bonds. The lowest BCUT2D eigenvalue weighted by Gasteiger charge is -2.35. The van der Waals surface area contributed by atoms with Crippen molar-refractivity contribution in [3.8, 4) is 5.75 Å². The van der Waals surface area contributed by atoms with E-state index in [1.54, 1.807) is 28.9 Å². The van der Waals surface area contributed by atoms with Crippen molar-refractivity contribution in [3.05, 3.63) is 41.8 Å². The molecule has 1 aromatic heterocycles. The molecular weight excluding hydrogens is 320 g/mol. The van der Waals surface area contributed by atoms with Crippen LogP contribution < -0.4 is 9.64 Å². The van der Waals surface area contributed by atoms with Gasteiger partial charge in [-0.2, -0.15) is 4.31 Å². The van der Waals surface area contributed by atoms with E-state index in [9.17, 15) is 8.42 Å². The van der Waals surface area contributed by atoms with E-state index in [2.05, 4.69) is 4.90 Å². The van der Waals surface area contributed by atoms with Crippen LogP contribution in [0.25, 0.3) is 0 Å². The van der Waals surface area contributed by atoms with Gasteiger partial charge < -0.3 is 9.64 Å². The Morgan fingerprint density at radius 1 is 1.09 bits per heavy atom. The average Bonchev–Trinajstić information content (AvgIpc) is 3.10. The second-order valence-corrected chi connectivity index (χ2v) is 8.14. The van der Waals surface area contributed by atoms with Crippen molar-refractivity contribution in [2.24, 2.45) is 0 Å². The monoisotopic (exact) mass is 338 g/mol. The zero-order valence-electron chi connectivity index (χ0n) is 12.3. The van der Waals surface area contributed by atoms with E-state index < -0.39 is 10.0 Å². The van der Waals surface area contributed by atoms with Gasteiger partial charge in [0.05, 0.1) is 7.11 Å². The number of thiophene rings is 1. The Kier molecular flexibility index (Phi) is 4.37.